The van der Waals surface area contributed by atoms with E-state index in [0.29, 0.717) is 47.2 Å². The van der Waals surface area contributed by atoms with Gasteiger partial charge in [-0.1, -0.05) is 56.3 Å². The van der Waals surface area contributed by atoms with Crippen molar-refractivity contribution in [2.24, 2.45) is 35.5 Å². The quantitative estimate of drug-likeness (QED) is 0.671. The molecule has 0 aliphatic heterocycles. The molecule has 7 atom stereocenters. The van der Waals surface area contributed by atoms with Crippen molar-refractivity contribution in [3.63, 3.8) is 0 Å². The zero-order chi connectivity index (χ0) is 22.0. The van der Waals surface area contributed by atoms with E-state index in [1.807, 2.05) is 37.3 Å². The molecule has 0 spiro atoms. The van der Waals surface area contributed by atoms with Crippen LogP contribution in [0.2, 0.25) is 0 Å². The number of benzene rings is 1. The van der Waals surface area contributed by atoms with Crippen molar-refractivity contribution in [1.82, 2.24) is 10.5 Å². The summed E-state index contributed by atoms with van der Waals surface area (Å²) in [7, 11) is 0. The number of nitrogens with one attached hydrogen (secondary N) is 1. The van der Waals surface area contributed by atoms with Crippen LogP contribution in [0.3, 0.4) is 0 Å². The monoisotopic (exact) mass is 432 g/mol. The second kappa shape index (κ2) is 7.34. The van der Waals surface area contributed by atoms with Gasteiger partial charge in [-0.05, 0) is 47.4 Å². The maximum atomic E-state index is 13.7. The number of carbonyl (C=O) groups excluding carboxylic acids is 1. The number of ether oxygens (including phenoxy) is 1. The van der Waals surface area contributed by atoms with E-state index < -0.39 is 0 Å². The summed E-state index contributed by atoms with van der Waals surface area (Å²) in [5, 5.41) is 19.1. The number of nitrogens with zero attached hydrogens (tertiary/aromatic N) is 1. The van der Waals surface area contributed by atoms with Crippen molar-refractivity contribution in [3.05, 3.63) is 70.7 Å². The molecular weight excluding hydrogens is 404 g/mol. The summed E-state index contributed by atoms with van der Waals surface area (Å²) in [4.78, 5) is 13.7. The third kappa shape index (κ3) is 2.68. The van der Waals surface area contributed by atoms with Crippen molar-refractivity contribution >= 4 is 5.78 Å². The van der Waals surface area contributed by atoms with Crippen LogP contribution < -0.4 is 10.1 Å². The van der Waals surface area contributed by atoms with Crippen LogP contribution in [0.15, 0.2) is 58.3 Å². The van der Waals surface area contributed by atoms with Gasteiger partial charge in [0.1, 0.15) is 17.9 Å². The van der Waals surface area contributed by atoms with E-state index in [0.717, 1.165) is 18.5 Å². The Morgan fingerprint density at radius 3 is 2.78 bits per heavy atom. The van der Waals surface area contributed by atoms with Crippen molar-refractivity contribution in [3.8, 4) is 5.88 Å². The van der Waals surface area contributed by atoms with Crippen LogP contribution in [-0.2, 0) is 6.61 Å². The molecule has 1 aromatic heterocycles. The normalized spacial score (nSPS) is 34.4. The summed E-state index contributed by atoms with van der Waals surface area (Å²) in [6.07, 6.45) is 5.42. The predicted molar refractivity (Wildman–Crippen MR) is 118 cm³/mol. The standard InChI is InChI=1S/C26H28N2O4/c1-3-27-22-18-11-17-15-9-10-16(13(15)2)19(17)23(29)20(18)24(30)21-25(22)32-28-26(21)31-12-14-7-5-4-6-8-14/h4-10,13,15-19,22,27,29H,3,11-12H2,1-2H3/t13?,15-,16+,17-,18+,19+,22+/m0/s1. The predicted octanol–water partition coefficient (Wildman–Crippen LogP) is 4.62. The molecule has 1 fully saturated rings. The minimum Gasteiger partial charge on any atom is -0.512 e. The topological polar surface area (TPSA) is 84.6 Å². The van der Waals surface area contributed by atoms with Gasteiger partial charge >= 0.3 is 0 Å². The highest BCUT2D eigenvalue weighted by Gasteiger charge is 2.58. The molecule has 1 saturated carbocycles. The van der Waals surface area contributed by atoms with E-state index in [1.165, 1.54) is 0 Å². The molecule has 1 heterocycles. The summed E-state index contributed by atoms with van der Waals surface area (Å²) >= 11 is 0. The fourth-order valence-electron chi connectivity index (χ4n) is 6.73. The third-order valence-corrected chi connectivity index (χ3v) is 8.11. The van der Waals surface area contributed by atoms with Gasteiger partial charge in [0.2, 0.25) is 5.78 Å². The lowest BCUT2D eigenvalue weighted by Gasteiger charge is -2.42. The molecule has 6 heteroatoms. The zero-order valence-corrected chi connectivity index (χ0v) is 18.3. The average Bonchev–Trinajstić information content (AvgIpc) is 3.47. The summed E-state index contributed by atoms with van der Waals surface area (Å²) in [6, 6.07) is 9.56. The number of allylic oxidation sites excluding steroid dienone is 3. The number of aliphatic hydroxyl groups is 1. The maximum Gasteiger partial charge on any atom is 0.266 e. The van der Waals surface area contributed by atoms with Crippen LogP contribution in [0.5, 0.6) is 5.88 Å². The minimum atomic E-state index is -0.203. The van der Waals surface area contributed by atoms with Gasteiger partial charge in [0.05, 0.1) is 6.04 Å². The van der Waals surface area contributed by atoms with E-state index in [9.17, 15) is 9.90 Å². The van der Waals surface area contributed by atoms with Crippen molar-refractivity contribution < 1.29 is 19.2 Å². The van der Waals surface area contributed by atoms with Crippen molar-refractivity contribution in [2.45, 2.75) is 32.9 Å². The number of aliphatic hydroxyl groups excluding tert-OH is 1. The van der Waals surface area contributed by atoms with Gasteiger partial charge in [0.25, 0.3) is 5.88 Å². The highest BCUT2D eigenvalue weighted by atomic mass is 16.5. The lowest BCUT2D eigenvalue weighted by molar-refractivity contribution is 0.0918. The molecule has 0 radical (unpaired) electrons. The van der Waals surface area contributed by atoms with E-state index >= 15 is 0 Å². The first-order valence-electron chi connectivity index (χ1n) is 11.7. The smallest absolute Gasteiger partial charge is 0.266 e. The molecule has 1 unspecified atom stereocenters. The lowest BCUT2D eigenvalue weighted by atomic mass is 9.63. The van der Waals surface area contributed by atoms with Gasteiger partial charge < -0.3 is 19.7 Å². The van der Waals surface area contributed by atoms with Gasteiger partial charge in [-0.25, -0.2) is 0 Å². The average molecular weight is 433 g/mol. The minimum absolute atomic E-state index is 0.0348. The molecule has 2 bridgehead atoms. The Kier molecular flexibility index (Phi) is 4.54. The largest absolute Gasteiger partial charge is 0.512 e. The fourth-order valence-corrected chi connectivity index (χ4v) is 6.73. The van der Waals surface area contributed by atoms with Crippen LogP contribution in [0.25, 0.3) is 0 Å². The molecule has 2 N–H and O–H groups in total. The zero-order valence-electron chi connectivity index (χ0n) is 18.3. The van der Waals surface area contributed by atoms with Gasteiger partial charge in [0.15, 0.2) is 5.76 Å². The summed E-state index contributed by atoms with van der Waals surface area (Å²) in [5.74, 6) is 2.38. The van der Waals surface area contributed by atoms with Gasteiger partial charge in [-0.2, -0.15) is 0 Å². The molecule has 1 aromatic carbocycles. The van der Waals surface area contributed by atoms with E-state index in [4.69, 9.17) is 9.26 Å². The second-order valence-corrected chi connectivity index (χ2v) is 9.60. The Morgan fingerprint density at radius 1 is 1.22 bits per heavy atom. The Hall–Kier alpha value is -2.86. The maximum absolute atomic E-state index is 13.7. The number of hydrogen-bond acceptors (Lipinski definition) is 6. The first-order valence-corrected chi connectivity index (χ1v) is 11.7. The van der Waals surface area contributed by atoms with Crippen LogP contribution >= 0.6 is 0 Å². The number of aromatic nitrogens is 1. The Balaban J connectivity index is 1.40. The molecule has 6 rings (SSSR count). The third-order valence-electron chi connectivity index (χ3n) is 8.11. The van der Waals surface area contributed by atoms with Crippen LogP contribution in [0, 0.1) is 35.5 Å². The van der Waals surface area contributed by atoms with Crippen molar-refractivity contribution in [1.29, 1.82) is 0 Å². The van der Waals surface area contributed by atoms with Gasteiger partial charge in [-0.3, -0.25) is 4.79 Å². The van der Waals surface area contributed by atoms with Crippen molar-refractivity contribution in [2.75, 3.05) is 6.54 Å². The van der Waals surface area contributed by atoms with Crippen LogP contribution in [0.4, 0.5) is 0 Å². The molecule has 6 nitrogen and oxygen atoms in total. The Morgan fingerprint density at radius 2 is 2.00 bits per heavy atom. The van der Waals surface area contributed by atoms with E-state index in [1.54, 1.807) is 0 Å². The molecular formula is C26H28N2O4. The summed E-state index contributed by atoms with van der Waals surface area (Å²) < 4.78 is 11.6. The molecule has 2 aromatic rings. The highest BCUT2D eigenvalue weighted by Crippen LogP contribution is 2.61. The molecule has 32 heavy (non-hydrogen) atoms. The molecule has 0 amide bonds. The lowest BCUT2D eigenvalue weighted by Crippen LogP contribution is -2.42. The number of carbonyl (C=O) groups is 1. The van der Waals surface area contributed by atoms with Crippen LogP contribution in [-0.4, -0.2) is 22.6 Å². The molecule has 4 aliphatic carbocycles. The SMILES string of the molecule is CCN[C@H]1c2onc(OCc3ccccc3)c2C(=O)C2=C(O)[C@H]3[C@@H](C[C@H]21)[C@H]1C=C[C@@H]3C1C. The number of ketones is 1. The molecule has 4 aliphatic rings. The van der Waals surface area contributed by atoms with E-state index in [2.05, 4.69) is 29.5 Å². The highest BCUT2D eigenvalue weighted by molar-refractivity contribution is 6.13. The Labute approximate surface area is 187 Å². The first-order chi connectivity index (χ1) is 15.6. The van der Waals surface area contributed by atoms with Gasteiger partial charge in [0, 0.05) is 17.4 Å². The number of fused-ring (bicyclic) bond motifs is 7. The summed E-state index contributed by atoms with van der Waals surface area (Å²) in [6.45, 7) is 5.32. The molecule has 0 saturated heterocycles. The number of Topliss-reactive ketones (excluding diaryl/α,β-unsaturated/α-hetero) is 1. The second-order valence-electron chi connectivity index (χ2n) is 9.60. The van der Waals surface area contributed by atoms with Crippen LogP contribution in [0.1, 0.15) is 48.0 Å². The number of rotatable bonds is 5. The first kappa shape index (κ1) is 19.8. The van der Waals surface area contributed by atoms with E-state index in [-0.39, 0.29) is 35.3 Å². The summed E-state index contributed by atoms with van der Waals surface area (Å²) in [5.41, 5.74) is 1.87. The van der Waals surface area contributed by atoms with Gasteiger partial charge in [-0.15, -0.1) is 0 Å². The molecule has 166 valence electrons. The Bertz CT molecular complexity index is 1120. The number of hydrogen-bond donors (Lipinski definition) is 2. The fraction of sp³-hybridized carbons (Fsp3) is 0.462.